The van der Waals surface area contributed by atoms with E-state index in [0.29, 0.717) is 29.6 Å². The van der Waals surface area contributed by atoms with E-state index in [0.717, 1.165) is 29.4 Å². The summed E-state index contributed by atoms with van der Waals surface area (Å²) in [5.74, 6) is 1.51. The largest absolute Gasteiger partial charge is 0.340 e. The van der Waals surface area contributed by atoms with Gasteiger partial charge in [-0.1, -0.05) is 6.07 Å². The molecule has 1 saturated heterocycles. The lowest BCUT2D eigenvalue weighted by molar-refractivity contribution is -0.132. The topological polar surface area (TPSA) is 102 Å². The molecule has 0 aliphatic carbocycles. The lowest BCUT2D eigenvalue weighted by Gasteiger charge is -2.37. The van der Waals surface area contributed by atoms with E-state index in [9.17, 15) is 4.79 Å². The molecule has 0 spiro atoms. The minimum Gasteiger partial charge on any atom is -0.340 e. The fourth-order valence-electron chi connectivity index (χ4n) is 4.44. The molecule has 1 fully saturated rings. The number of benzene rings is 1. The van der Waals surface area contributed by atoms with Crippen molar-refractivity contribution in [1.82, 2.24) is 34.6 Å². The maximum absolute atomic E-state index is 12.2. The van der Waals surface area contributed by atoms with Crippen LogP contribution in [-0.4, -0.2) is 53.1 Å². The van der Waals surface area contributed by atoms with Gasteiger partial charge in [0, 0.05) is 62.5 Å². The van der Waals surface area contributed by atoms with Gasteiger partial charge in [-0.3, -0.25) is 19.4 Å². The van der Waals surface area contributed by atoms with E-state index in [1.165, 1.54) is 0 Å². The molecular formula is C24H26N8O. The first-order valence-electron chi connectivity index (χ1n) is 11.1. The summed E-state index contributed by atoms with van der Waals surface area (Å²) < 4.78 is 1.80. The van der Waals surface area contributed by atoms with Crippen molar-refractivity contribution in [2.45, 2.75) is 38.6 Å². The number of nitrogens with one attached hydrogen (secondary N) is 1. The molecule has 9 heteroatoms. The zero-order chi connectivity index (χ0) is 22.9. The smallest absolute Gasteiger partial charge is 0.219 e. The van der Waals surface area contributed by atoms with Crippen LogP contribution in [-0.2, 0) is 11.8 Å². The van der Waals surface area contributed by atoms with Crippen LogP contribution in [0.1, 0.15) is 38.4 Å². The summed E-state index contributed by atoms with van der Waals surface area (Å²) in [5.41, 5.74) is 3.20. The number of aryl methyl sites for hydroxylation is 1. The minimum absolute atomic E-state index is 0.0523. The number of carbonyl (C=O) groups excluding carboxylic acids is 1. The SMILES string of the molecule is CC(=O)N1C[C@H](c2nc(Nc3cccc4nn(C)cc34)cc(-c3cnccn3)n2)CC[C@@H]1C. The van der Waals surface area contributed by atoms with Crippen molar-refractivity contribution in [1.29, 1.82) is 0 Å². The molecule has 4 heterocycles. The summed E-state index contributed by atoms with van der Waals surface area (Å²) in [6, 6.07) is 8.07. The number of aromatic nitrogens is 6. The number of carbonyl (C=O) groups is 1. The van der Waals surface area contributed by atoms with Crippen LogP contribution >= 0.6 is 0 Å². The van der Waals surface area contributed by atoms with Gasteiger partial charge in [0.15, 0.2) is 0 Å². The number of nitrogens with zero attached hydrogens (tertiary/aromatic N) is 7. The number of piperidine rings is 1. The van der Waals surface area contributed by atoms with Gasteiger partial charge in [0.2, 0.25) is 5.91 Å². The van der Waals surface area contributed by atoms with Crippen molar-refractivity contribution in [2.75, 3.05) is 11.9 Å². The molecule has 1 aromatic carbocycles. The van der Waals surface area contributed by atoms with Gasteiger partial charge in [0.25, 0.3) is 0 Å². The fraction of sp³-hybridized carbons (Fsp3) is 0.333. The van der Waals surface area contributed by atoms with E-state index < -0.39 is 0 Å². The van der Waals surface area contributed by atoms with Crippen LogP contribution in [0.3, 0.4) is 0 Å². The Bertz CT molecular complexity index is 1300. The Kier molecular flexibility index (Phi) is 5.45. The maximum Gasteiger partial charge on any atom is 0.219 e. The molecule has 33 heavy (non-hydrogen) atoms. The highest BCUT2D eigenvalue weighted by molar-refractivity contribution is 5.92. The highest BCUT2D eigenvalue weighted by Gasteiger charge is 2.30. The zero-order valence-electron chi connectivity index (χ0n) is 18.9. The molecule has 0 saturated carbocycles. The van der Waals surface area contributed by atoms with Crippen LogP contribution in [0.25, 0.3) is 22.3 Å². The molecule has 2 atom stereocenters. The van der Waals surface area contributed by atoms with E-state index >= 15 is 0 Å². The van der Waals surface area contributed by atoms with Gasteiger partial charge >= 0.3 is 0 Å². The van der Waals surface area contributed by atoms with Gasteiger partial charge in [-0.05, 0) is 31.9 Å². The lowest BCUT2D eigenvalue weighted by Crippen LogP contribution is -2.44. The lowest BCUT2D eigenvalue weighted by atomic mass is 9.92. The Morgan fingerprint density at radius 2 is 2.03 bits per heavy atom. The molecule has 4 aromatic rings. The molecule has 0 unspecified atom stereocenters. The fourth-order valence-corrected chi connectivity index (χ4v) is 4.44. The molecule has 9 nitrogen and oxygen atoms in total. The van der Waals surface area contributed by atoms with Crippen LogP contribution in [0.2, 0.25) is 0 Å². The van der Waals surface area contributed by atoms with E-state index in [1.54, 1.807) is 30.2 Å². The molecule has 0 radical (unpaired) electrons. The second kappa shape index (κ2) is 8.57. The van der Waals surface area contributed by atoms with Gasteiger partial charge in [0.05, 0.1) is 23.1 Å². The Balaban J connectivity index is 1.55. The number of hydrogen-bond donors (Lipinski definition) is 1. The normalized spacial score (nSPS) is 18.5. The molecule has 0 bridgehead atoms. The first-order chi connectivity index (χ1) is 16.0. The number of rotatable bonds is 4. The Morgan fingerprint density at radius 1 is 1.15 bits per heavy atom. The predicted octanol–water partition coefficient (Wildman–Crippen LogP) is 3.68. The molecule has 5 rings (SSSR count). The summed E-state index contributed by atoms with van der Waals surface area (Å²) in [4.78, 5) is 32.4. The summed E-state index contributed by atoms with van der Waals surface area (Å²) in [5, 5.41) is 8.96. The van der Waals surface area contributed by atoms with Gasteiger partial charge in [-0.2, -0.15) is 5.10 Å². The van der Waals surface area contributed by atoms with E-state index in [4.69, 9.17) is 9.97 Å². The molecule has 1 amide bonds. The second-order valence-corrected chi connectivity index (χ2v) is 8.55. The predicted molar refractivity (Wildman–Crippen MR) is 126 cm³/mol. The van der Waals surface area contributed by atoms with Crippen LogP contribution < -0.4 is 5.32 Å². The highest BCUT2D eigenvalue weighted by Crippen LogP contribution is 2.32. The van der Waals surface area contributed by atoms with E-state index in [2.05, 4.69) is 27.3 Å². The van der Waals surface area contributed by atoms with Crippen LogP contribution in [0, 0.1) is 0 Å². The van der Waals surface area contributed by atoms with Crippen LogP contribution in [0.15, 0.2) is 49.1 Å². The van der Waals surface area contributed by atoms with Gasteiger partial charge < -0.3 is 10.2 Å². The monoisotopic (exact) mass is 442 g/mol. The van der Waals surface area contributed by atoms with Gasteiger partial charge in [-0.25, -0.2) is 9.97 Å². The maximum atomic E-state index is 12.2. The van der Waals surface area contributed by atoms with Crippen molar-refractivity contribution in [3.8, 4) is 11.4 Å². The summed E-state index contributed by atoms with van der Waals surface area (Å²) >= 11 is 0. The Hall–Kier alpha value is -3.88. The molecule has 168 valence electrons. The van der Waals surface area contributed by atoms with Crippen molar-refractivity contribution >= 4 is 28.3 Å². The molecular weight excluding hydrogens is 416 g/mol. The third-order valence-corrected chi connectivity index (χ3v) is 6.15. The first-order valence-corrected chi connectivity index (χ1v) is 11.1. The van der Waals surface area contributed by atoms with Crippen molar-refractivity contribution < 1.29 is 4.79 Å². The number of hydrogen-bond acceptors (Lipinski definition) is 7. The van der Waals surface area contributed by atoms with E-state index in [-0.39, 0.29) is 17.9 Å². The van der Waals surface area contributed by atoms with E-state index in [1.807, 2.05) is 42.4 Å². The van der Waals surface area contributed by atoms with Crippen LogP contribution in [0.5, 0.6) is 0 Å². The Morgan fingerprint density at radius 3 is 2.82 bits per heavy atom. The average molecular weight is 443 g/mol. The third kappa shape index (κ3) is 4.26. The highest BCUT2D eigenvalue weighted by atomic mass is 16.2. The molecule has 1 aliphatic heterocycles. The van der Waals surface area contributed by atoms with Gasteiger partial charge in [-0.15, -0.1) is 0 Å². The third-order valence-electron chi connectivity index (χ3n) is 6.15. The zero-order valence-corrected chi connectivity index (χ0v) is 18.9. The Labute approximate surface area is 191 Å². The minimum atomic E-state index is 0.0523. The number of fused-ring (bicyclic) bond motifs is 1. The molecule has 3 aromatic heterocycles. The van der Waals surface area contributed by atoms with Crippen molar-refractivity contribution in [3.05, 3.63) is 54.9 Å². The first kappa shape index (κ1) is 21.0. The number of amides is 1. The molecule has 1 N–H and O–H groups in total. The summed E-state index contributed by atoms with van der Waals surface area (Å²) in [6.45, 7) is 4.32. The number of likely N-dealkylation sites (tertiary alicyclic amines) is 1. The summed E-state index contributed by atoms with van der Waals surface area (Å²) in [6.07, 6.45) is 8.81. The van der Waals surface area contributed by atoms with Crippen LogP contribution in [0.4, 0.5) is 11.5 Å². The van der Waals surface area contributed by atoms with Crippen molar-refractivity contribution in [2.24, 2.45) is 7.05 Å². The average Bonchev–Trinajstić information content (AvgIpc) is 3.21. The van der Waals surface area contributed by atoms with Crippen molar-refractivity contribution in [3.63, 3.8) is 0 Å². The second-order valence-electron chi connectivity index (χ2n) is 8.55. The number of anilines is 2. The molecule has 1 aliphatic rings. The summed E-state index contributed by atoms with van der Waals surface area (Å²) in [7, 11) is 1.91. The standard InChI is InChI=1S/C24H26N8O/c1-15-7-8-17(13-32(15)16(2)33)24-28-21(22-12-25-9-10-26-22)11-23(29-24)27-19-5-4-6-20-18(19)14-31(3)30-20/h4-6,9-12,14-15,17H,7-8,13H2,1-3H3,(H,27,28,29)/t15-,17+/m0/s1. The quantitative estimate of drug-likeness (QED) is 0.514. The van der Waals surface area contributed by atoms with Gasteiger partial charge in [0.1, 0.15) is 17.3 Å².